The van der Waals surface area contributed by atoms with Crippen LogP contribution in [0, 0.1) is 12.8 Å². The number of nitrogens with zero attached hydrogens (tertiary/aromatic N) is 1. The van der Waals surface area contributed by atoms with Crippen molar-refractivity contribution in [2.24, 2.45) is 5.92 Å². The van der Waals surface area contributed by atoms with Crippen LogP contribution in [0.1, 0.15) is 44.5 Å². The Morgan fingerprint density at radius 1 is 1.21 bits per heavy atom. The monoisotopic (exact) mass is 256 g/mol. The number of para-hydroxylation sites is 1. The maximum Gasteiger partial charge on any atom is 0.0708 e. The molecule has 2 aromatic rings. The van der Waals surface area contributed by atoms with Gasteiger partial charge >= 0.3 is 0 Å². The summed E-state index contributed by atoms with van der Waals surface area (Å²) in [5, 5.41) is 4.90. The molecule has 0 radical (unpaired) electrons. The maximum absolute atomic E-state index is 4.63. The Kier molecular flexibility index (Phi) is 4.54. The average Bonchev–Trinajstić information content (AvgIpc) is 2.36. The minimum atomic E-state index is 0.414. The van der Waals surface area contributed by atoms with E-state index >= 15 is 0 Å². The topological polar surface area (TPSA) is 24.9 Å². The molecule has 1 aromatic carbocycles. The molecule has 0 fully saturated rings. The first-order chi connectivity index (χ1) is 9.11. The van der Waals surface area contributed by atoms with E-state index < -0.39 is 0 Å². The number of fused-ring (bicyclic) bond motifs is 1. The van der Waals surface area contributed by atoms with Gasteiger partial charge in [-0.1, -0.05) is 39.0 Å². The molecule has 0 spiro atoms. The van der Waals surface area contributed by atoms with Gasteiger partial charge in [0.2, 0.25) is 0 Å². The standard InChI is InChI=1S/C17H24N2/c1-5-18-17(10-12(2)3)15-11-13(4)19-16-9-7-6-8-14(15)16/h6-9,11-12,17-18H,5,10H2,1-4H3. The second-order valence-corrected chi connectivity index (χ2v) is 5.61. The Morgan fingerprint density at radius 3 is 2.63 bits per heavy atom. The summed E-state index contributed by atoms with van der Waals surface area (Å²) in [5.74, 6) is 0.677. The van der Waals surface area contributed by atoms with Crippen LogP contribution >= 0.6 is 0 Å². The molecule has 102 valence electrons. The first kappa shape index (κ1) is 14.0. The van der Waals surface area contributed by atoms with Gasteiger partial charge in [-0.15, -0.1) is 0 Å². The second kappa shape index (κ2) is 6.16. The Morgan fingerprint density at radius 2 is 1.95 bits per heavy atom. The van der Waals surface area contributed by atoms with Crippen molar-refractivity contribution < 1.29 is 0 Å². The van der Waals surface area contributed by atoms with E-state index in [9.17, 15) is 0 Å². The number of hydrogen-bond donors (Lipinski definition) is 1. The summed E-state index contributed by atoms with van der Waals surface area (Å²) in [4.78, 5) is 4.63. The van der Waals surface area contributed by atoms with Gasteiger partial charge in [0.1, 0.15) is 0 Å². The first-order valence-corrected chi connectivity index (χ1v) is 7.21. The normalized spacial score (nSPS) is 13.1. The molecule has 1 atom stereocenters. The number of aromatic nitrogens is 1. The van der Waals surface area contributed by atoms with Crippen molar-refractivity contribution in [3.8, 4) is 0 Å². The summed E-state index contributed by atoms with van der Waals surface area (Å²) >= 11 is 0. The Balaban J connectivity index is 2.51. The van der Waals surface area contributed by atoms with Crippen molar-refractivity contribution in [1.82, 2.24) is 10.3 Å². The molecule has 0 aliphatic rings. The molecule has 0 saturated heterocycles. The number of hydrogen-bond acceptors (Lipinski definition) is 2. The molecule has 2 rings (SSSR count). The number of pyridine rings is 1. The zero-order valence-electron chi connectivity index (χ0n) is 12.4. The van der Waals surface area contributed by atoms with Crippen molar-refractivity contribution in [3.05, 3.63) is 41.6 Å². The lowest BCUT2D eigenvalue weighted by Crippen LogP contribution is -2.23. The molecule has 19 heavy (non-hydrogen) atoms. The van der Waals surface area contributed by atoms with Gasteiger partial charge in [0.05, 0.1) is 5.52 Å². The third kappa shape index (κ3) is 3.32. The molecule has 1 unspecified atom stereocenters. The molecule has 0 amide bonds. The van der Waals surface area contributed by atoms with Crippen LogP contribution in [0.4, 0.5) is 0 Å². The molecular weight excluding hydrogens is 232 g/mol. The van der Waals surface area contributed by atoms with Crippen molar-refractivity contribution in [3.63, 3.8) is 0 Å². The van der Waals surface area contributed by atoms with Crippen LogP contribution in [0.2, 0.25) is 0 Å². The van der Waals surface area contributed by atoms with Crippen LogP contribution in [0.25, 0.3) is 10.9 Å². The molecular formula is C17H24N2. The lowest BCUT2D eigenvalue weighted by molar-refractivity contribution is 0.440. The highest BCUT2D eigenvalue weighted by atomic mass is 14.9. The lowest BCUT2D eigenvalue weighted by Gasteiger charge is -2.22. The fourth-order valence-corrected chi connectivity index (χ4v) is 2.67. The van der Waals surface area contributed by atoms with E-state index in [1.165, 1.54) is 10.9 Å². The average molecular weight is 256 g/mol. The van der Waals surface area contributed by atoms with E-state index in [0.717, 1.165) is 24.2 Å². The summed E-state index contributed by atoms with van der Waals surface area (Å²) in [6.07, 6.45) is 1.15. The molecule has 1 N–H and O–H groups in total. The molecule has 0 bridgehead atoms. The largest absolute Gasteiger partial charge is 0.310 e. The van der Waals surface area contributed by atoms with E-state index in [4.69, 9.17) is 0 Å². The fraction of sp³-hybridized carbons (Fsp3) is 0.471. The summed E-state index contributed by atoms with van der Waals surface area (Å²) < 4.78 is 0. The molecule has 2 heteroatoms. The van der Waals surface area contributed by atoms with E-state index in [2.05, 4.69) is 68.3 Å². The SMILES string of the molecule is CCNC(CC(C)C)c1cc(C)nc2ccccc12. The Bertz CT molecular complexity index is 546. The van der Waals surface area contributed by atoms with Crippen molar-refractivity contribution in [1.29, 1.82) is 0 Å². The summed E-state index contributed by atoms with van der Waals surface area (Å²) in [5.41, 5.74) is 3.59. The highest BCUT2D eigenvalue weighted by molar-refractivity contribution is 5.82. The van der Waals surface area contributed by atoms with Gasteiger partial charge in [-0.25, -0.2) is 0 Å². The summed E-state index contributed by atoms with van der Waals surface area (Å²) in [7, 11) is 0. The van der Waals surface area contributed by atoms with Gasteiger partial charge in [0, 0.05) is 17.1 Å². The van der Waals surface area contributed by atoms with Gasteiger partial charge in [-0.3, -0.25) is 4.98 Å². The van der Waals surface area contributed by atoms with Crippen molar-refractivity contribution >= 4 is 10.9 Å². The molecule has 0 saturated carbocycles. The van der Waals surface area contributed by atoms with Gasteiger partial charge < -0.3 is 5.32 Å². The second-order valence-electron chi connectivity index (χ2n) is 5.61. The number of nitrogens with one attached hydrogen (secondary N) is 1. The predicted octanol–water partition coefficient (Wildman–Crippen LogP) is 4.24. The maximum atomic E-state index is 4.63. The van der Waals surface area contributed by atoms with Crippen LogP contribution in [-0.4, -0.2) is 11.5 Å². The Hall–Kier alpha value is -1.41. The third-order valence-corrected chi connectivity index (χ3v) is 3.41. The number of aryl methyl sites for hydroxylation is 1. The van der Waals surface area contributed by atoms with Crippen LogP contribution < -0.4 is 5.32 Å². The number of rotatable bonds is 5. The van der Waals surface area contributed by atoms with E-state index in [1.807, 2.05) is 0 Å². The quantitative estimate of drug-likeness (QED) is 0.865. The molecule has 1 aromatic heterocycles. The summed E-state index contributed by atoms with van der Waals surface area (Å²) in [6.45, 7) is 9.80. The fourth-order valence-electron chi connectivity index (χ4n) is 2.67. The Labute approximate surface area is 116 Å². The van der Waals surface area contributed by atoms with Gasteiger partial charge in [0.15, 0.2) is 0 Å². The zero-order valence-corrected chi connectivity index (χ0v) is 12.4. The lowest BCUT2D eigenvalue weighted by atomic mass is 9.94. The van der Waals surface area contributed by atoms with Crippen LogP contribution in [0.15, 0.2) is 30.3 Å². The van der Waals surface area contributed by atoms with Gasteiger partial charge in [-0.2, -0.15) is 0 Å². The van der Waals surface area contributed by atoms with E-state index in [0.29, 0.717) is 12.0 Å². The van der Waals surface area contributed by atoms with Crippen molar-refractivity contribution in [2.45, 2.75) is 40.2 Å². The highest BCUT2D eigenvalue weighted by Crippen LogP contribution is 2.28. The molecule has 0 aliphatic carbocycles. The van der Waals surface area contributed by atoms with Gasteiger partial charge in [0.25, 0.3) is 0 Å². The van der Waals surface area contributed by atoms with Crippen LogP contribution in [0.5, 0.6) is 0 Å². The van der Waals surface area contributed by atoms with Crippen molar-refractivity contribution in [2.75, 3.05) is 6.54 Å². The summed E-state index contributed by atoms with van der Waals surface area (Å²) in [6, 6.07) is 11.1. The first-order valence-electron chi connectivity index (χ1n) is 7.21. The zero-order chi connectivity index (χ0) is 13.8. The highest BCUT2D eigenvalue weighted by Gasteiger charge is 2.15. The molecule has 0 aliphatic heterocycles. The smallest absolute Gasteiger partial charge is 0.0708 e. The minimum Gasteiger partial charge on any atom is -0.310 e. The number of benzene rings is 1. The predicted molar refractivity (Wildman–Crippen MR) is 82.4 cm³/mol. The van der Waals surface area contributed by atoms with Crippen LogP contribution in [-0.2, 0) is 0 Å². The van der Waals surface area contributed by atoms with E-state index in [1.54, 1.807) is 0 Å². The van der Waals surface area contributed by atoms with Crippen LogP contribution in [0.3, 0.4) is 0 Å². The van der Waals surface area contributed by atoms with Gasteiger partial charge in [-0.05, 0) is 43.5 Å². The third-order valence-electron chi connectivity index (χ3n) is 3.41. The van der Waals surface area contributed by atoms with E-state index in [-0.39, 0.29) is 0 Å². The molecule has 1 heterocycles. The minimum absolute atomic E-state index is 0.414. The molecule has 2 nitrogen and oxygen atoms in total.